The van der Waals surface area contributed by atoms with Crippen molar-refractivity contribution in [3.63, 3.8) is 0 Å². The van der Waals surface area contributed by atoms with Gasteiger partial charge in [-0.15, -0.1) is 11.3 Å². The average Bonchev–Trinajstić information content (AvgIpc) is 2.97. The summed E-state index contributed by atoms with van der Waals surface area (Å²) >= 11 is 1.66. The second-order valence-corrected chi connectivity index (χ2v) is 6.61. The third kappa shape index (κ3) is 3.34. The maximum Gasteiger partial charge on any atom is 0.261 e. The standard InChI is InChI=1S/C17H20N2OS/c18-10-12-5-7-13(8-6-12)11-19-17(20)16-9-14-3-1-2-4-15(14)21-16/h5-9H,1-4,10-11,18H2,(H,19,20). The number of fused-ring (bicyclic) bond motifs is 1. The third-order valence-corrected chi connectivity index (χ3v) is 5.17. The summed E-state index contributed by atoms with van der Waals surface area (Å²) in [6, 6.07) is 10.1. The zero-order valence-electron chi connectivity index (χ0n) is 12.0. The number of carbonyl (C=O) groups excluding carboxylic acids is 1. The number of nitrogens with two attached hydrogens (primary N) is 1. The number of hydrogen-bond acceptors (Lipinski definition) is 3. The SMILES string of the molecule is NCc1ccc(CNC(=O)c2cc3c(s2)CCCC3)cc1. The number of amides is 1. The van der Waals surface area contributed by atoms with Crippen molar-refractivity contribution in [1.29, 1.82) is 0 Å². The van der Waals surface area contributed by atoms with Gasteiger partial charge in [0.25, 0.3) is 5.91 Å². The monoisotopic (exact) mass is 300 g/mol. The fourth-order valence-corrected chi connectivity index (χ4v) is 3.84. The Morgan fingerprint density at radius 2 is 1.86 bits per heavy atom. The number of thiophene rings is 1. The predicted molar refractivity (Wildman–Crippen MR) is 86.5 cm³/mol. The number of rotatable bonds is 4. The van der Waals surface area contributed by atoms with Gasteiger partial charge in [-0.3, -0.25) is 4.79 Å². The summed E-state index contributed by atoms with van der Waals surface area (Å²) in [5, 5.41) is 3.00. The molecular weight excluding hydrogens is 280 g/mol. The quantitative estimate of drug-likeness (QED) is 0.912. The Morgan fingerprint density at radius 3 is 2.57 bits per heavy atom. The van der Waals surface area contributed by atoms with Crippen molar-refractivity contribution < 1.29 is 4.79 Å². The molecule has 0 aliphatic heterocycles. The fourth-order valence-electron chi connectivity index (χ4n) is 2.67. The number of aryl methyl sites for hydroxylation is 2. The highest BCUT2D eigenvalue weighted by Gasteiger charge is 2.16. The Labute approximate surface area is 129 Å². The molecule has 21 heavy (non-hydrogen) atoms. The second-order valence-electron chi connectivity index (χ2n) is 5.47. The first-order chi connectivity index (χ1) is 10.3. The first-order valence-electron chi connectivity index (χ1n) is 7.44. The summed E-state index contributed by atoms with van der Waals surface area (Å²) in [5.74, 6) is 0.0392. The molecule has 110 valence electrons. The van der Waals surface area contributed by atoms with E-state index in [9.17, 15) is 4.79 Å². The van der Waals surface area contributed by atoms with Gasteiger partial charge in [-0.2, -0.15) is 0 Å². The van der Waals surface area contributed by atoms with Crippen molar-refractivity contribution in [2.24, 2.45) is 5.73 Å². The third-order valence-electron chi connectivity index (χ3n) is 3.93. The summed E-state index contributed by atoms with van der Waals surface area (Å²) in [4.78, 5) is 14.5. The minimum absolute atomic E-state index is 0.0392. The molecule has 3 N–H and O–H groups in total. The number of nitrogens with one attached hydrogen (secondary N) is 1. The van der Waals surface area contributed by atoms with E-state index in [2.05, 4.69) is 11.4 Å². The lowest BCUT2D eigenvalue weighted by Gasteiger charge is -2.08. The molecule has 1 heterocycles. The molecule has 0 bridgehead atoms. The van der Waals surface area contributed by atoms with Gasteiger partial charge in [0.1, 0.15) is 0 Å². The van der Waals surface area contributed by atoms with Crippen molar-refractivity contribution in [2.45, 2.75) is 38.8 Å². The van der Waals surface area contributed by atoms with Crippen LogP contribution in [-0.4, -0.2) is 5.91 Å². The lowest BCUT2D eigenvalue weighted by atomic mass is 9.99. The van der Waals surface area contributed by atoms with Crippen LogP contribution in [-0.2, 0) is 25.9 Å². The molecule has 1 aliphatic rings. The zero-order chi connectivity index (χ0) is 14.7. The molecule has 4 heteroatoms. The van der Waals surface area contributed by atoms with Crippen LogP contribution in [0.3, 0.4) is 0 Å². The highest BCUT2D eigenvalue weighted by molar-refractivity contribution is 7.14. The van der Waals surface area contributed by atoms with Gasteiger partial charge in [-0.05, 0) is 48.4 Å². The fraction of sp³-hybridized carbons (Fsp3) is 0.353. The van der Waals surface area contributed by atoms with Crippen LogP contribution in [0.1, 0.15) is 44.1 Å². The molecule has 0 spiro atoms. The van der Waals surface area contributed by atoms with Gasteiger partial charge in [-0.1, -0.05) is 24.3 Å². The largest absolute Gasteiger partial charge is 0.347 e. The Kier molecular flexibility index (Phi) is 4.36. The first-order valence-corrected chi connectivity index (χ1v) is 8.25. The Balaban J connectivity index is 1.61. The molecule has 0 saturated carbocycles. The van der Waals surface area contributed by atoms with Crippen LogP contribution in [0.15, 0.2) is 30.3 Å². The van der Waals surface area contributed by atoms with Crippen LogP contribution in [0.5, 0.6) is 0 Å². The van der Waals surface area contributed by atoms with Gasteiger partial charge in [0.2, 0.25) is 0 Å². The molecule has 0 atom stereocenters. The lowest BCUT2D eigenvalue weighted by Crippen LogP contribution is -2.21. The summed E-state index contributed by atoms with van der Waals surface area (Å²) in [5.41, 5.74) is 9.16. The minimum atomic E-state index is 0.0392. The molecule has 1 amide bonds. The Hall–Kier alpha value is -1.65. The van der Waals surface area contributed by atoms with Crippen molar-refractivity contribution >= 4 is 17.2 Å². The molecule has 0 fully saturated rings. The average molecular weight is 300 g/mol. The topological polar surface area (TPSA) is 55.1 Å². The molecule has 2 aromatic rings. The molecule has 0 saturated heterocycles. The van der Waals surface area contributed by atoms with E-state index in [1.165, 1.54) is 23.3 Å². The molecule has 1 aromatic heterocycles. The molecule has 1 aliphatic carbocycles. The van der Waals surface area contributed by atoms with Crippen molar-refractivity contribution in [2.75, 3.05) is 0 Å². The summed E-state index contributed by atoms with van der Waals surface area (Å²) in [6.45, 7) is 1.11. The summed E-state index contributed by atoms with van der Waals surface area (Å²) < 4.78 is 0. The van der Waals surface area contributed by atoms with Crippen LogP contribution in [0, 0.1) is 0 Å². The smallest absolute Gasteiger partial charge is 0.261 e. The molecule has 0 unspecified atom stereocenters. The first kappa shape index (κ1) is 14.3. The van der Waals surface area contributed by atoms with Gasteiger partial charge in [0.05, 0.1) is 4.88 Å². The van der Waals surface area contributed by atoms with E-state index in [0.717, 1.165) is 28.8 Å². The van der Waals surface area contributed by atoms with Crippen molar-refractivity contribution in [1.82, 2.24) is 5.32 Å². The van der Waals surface area contributed by atoms with Crippen molar-refractivity contribution in [3.05, 3.63) is 56.8 Å². The number of carbonyl (C=O) groups is 1. The summed E-state index contributed by atoms with van der Waals surface area (Å²) in [6.07, 6.45) is 4.76. The molecule has 3 nitrogen and oxygen atoms in total. The maximum atomic E-state index is 12.2. The molecule has 1 aromatic carbocycles. The second kappa shape index (κ2) is 6.41. The molecular formula is C17H20N2OS. The van der Waals surface area contributed by atoms with Gasteiger partial charge >= 0.3 is 0 Å². The van der Waals surface area contributed by atoms with E-state index in [1.807, 2.05) is 24.3 Å². The maximum absolute atomic E-state index is 12.2. The number of hydrogen-bond donors (Lipinski definition) is 2. The van der Waals surface area contributed by atoms with E-state index >= 15 is 0 Å². The van der Waals surface area contributed by atoms with Crippen LogP contribution in [0.25, 0.3) is 0 Å². The lowest BCUT2D eigenvalue weighted by molar-refractivity contribution is 0.0955. The van der Waals surface area contributed by atoms with Crippen molar-refractivity contribution in [3.8, 4) is 0 Å². The Morgan fingerprint density at radius 1 is 1.14 bits per heavy atom. The summed E-state index contributed by atoms with van der Waals surface area (Å²) in [7, 11) is 0. The van der Waals surface area contributed by atoms with Crippen LogP contribution in [0.2, 0.25) is 0 Å². The van der Waals surface area contributed by atoms with Crippen LogP contribution in [0.4, 0.5) is 0 Å². The van der Waals surface area contributed by atoms with Gasteiger partial charge in [0.15, 0.2) is 0 Å². The number of benzene rings is 1. The van der Waals surface area contributed by atoms with E-state index in [1.54, 1.807) is 11.3 Å². The zero-order valence-corrected chi connectivity index (χ0v) is 12.8. The van der Waals surface area contributed by atoms with Gasteiger partial charge < -0.3 is 11.1 Å². The predicted octanol–water partition coefficient (Wildman–Crippen LogP) is 3.02. The van der Waals surface area contributed by atoms with E-state index < -0.39 is 0 Å². The normalized spacial score (nSPS) is 13.8. The molecule has 0 radical (unpaired) electrons. The van der Waals surface area contributed by atoms with Gasteiger partial charge in [0, 0.05) is 18.0 Å². The van der Waals surface area contributed by atoms with E-state index in [-0.39, 0.29) is 5.91 Å². The van der Waals surface area contributed by atoms with Crippen LogP contribution < -0.4 is 11.1 Å². The molecule has 3 rings (SSSR count). The van der Waals surface area contributed by atoms with Gasteiger partial charge in [-0.25, -0.2) is 0 Å². The Bertz CT molecular complexity index is 607. The highest BCUT2D eigenvalue weighted by atomic mass is 32.1. The van der Waals surface area contributed by atoms with E-state index in [0.29, 0.717) is 13.1 Å². The van der Waals surface area contributed by atoms with Crippen LogP contribution >= 0.6 is 11.3 Å². The highest BCUT2D eigenvalue weighted by Crippen LogP contribution is 2.29. The minimum Gasteiger partial charge on any atom is -0.347 e. The van der Waals surface area contributed by atoms with E-state index in [4.69, 9.17) is 5.73 Å².